The van der Waals surface area contributed by atoms with Gasteiger partial charge in [-0.2, -0.15) is 0 Å². The summed E-state index contributed by atoms with van der Waals surface area (Å²) in [5.74, 6) is 0.507. The SMILES string of the molecule is Cc1cc(N(C)CCC(=O)O)nc(-c2ccncc2)n1. The van der Waals surface area contributed by atoms with Gasteiger partial charge in [-0.25, -0.2) is 9.97 Å². The van der Waals surface area contributed by atoms with Crippen molar-refractivity contribution in [2.24, 2.45) is 0 Å². The second kappa shape index (κ2) is 6.10. The number of hydrogen-bond acceptors (Lipinski definition) is 5. The van der Waals surface area contributed by atoms with E-state index in [0.717, 1.165) is 11.3 Å². The number of nitrogens with zero attached hydrogens (tertiary/aromatic N) is 4. The van der Waals surface area contributed by atoms with E-state index in [1.165, 1.54) is 0 Å². The molecule has 0 bridgehead atoms. The van der Waals surface area contributed by atoms with Gasteiger partial charge in [-0.1, -0.05) is 0 Å². The summed E-state index contributed by atoms with van der Waals surface area (Å²) in [5.41, 5.74) is 1.72. The van der Waals surface area contributed by atoms with E-state index in [1.807, 2.05) is 37.1 Å². The molecule has 0 amide bonds. The van der Waals surface area contributed by atoms with Gasteiger partial charge in [0.25, 0.3) is 0 Å². The molecule has 0 fully saturated rings. The summed E-state index contributed by atoms with van der Waals surface area (Å²) in [6.45, 7) is 2.29. The first-order valence-electron chi connectivity index (χ1n) is 6.25. The van der Waals surface area contributed by atoms with Gasteiger partial charge in [0.15, 0.2) is 5.82 Å². The van der Waals surface area contributed by atoms with Crippen molar-refractivity contribution in [3.63, 3.8) is 0 Å². The van der Waals surface area contributed by atoms with Gasteiger partial charge >= 0.3 is 5.97 Å². The molecule has 2 heterocycles. The fourth-order valence-corrected chi connectivity index (χ4v) is 1.76. The average Bonchev–Trinajstić information content (AvgIpc) is 2.45. The number of hydrogen-bond donors (Lipinski definition) is 1. The number of aromatic nitrogens is 3. The fourth-order valence-electron chi connectivity index (χ4n) is 1.76. The first kappa shape index (κ1) is 13.9. The lowest BCUT2D eigenvalue weighted by Crippen LogP contribution is -2.22. The van der Waals surface area contributed by atoms with Crippen LogP contribution in [0.4, 0.5) is 5.82 Å². The second-order valence-corrected chi connectivity index (χ2v) is 4.49. The van der Waals surface area contributed by atoms with Crippen LogP contribution in [0.1, 0.15) is 12.1 Å². The van der Waals surface area contributed by atoms with Crippen LogP contribution in [0, 0.1) is 6.92 Å². The van der Waals surface area contributed by atoms with Crippen molar-refractivity contribution in [2.75, 3.05) is 18.5 Å². The number of anilines is 1. The summed E-state index contributed by atoms with van der Waals surface area (Å²) in [6, 6.07) is 5.53. The van der Waals surface area contributed by atoms with Gasteiger partial charge in [0, 0.05) is 43.3 Å². The summed E-state index contributed by atoms with van der Waals surface area (Å²) in [7, 11) is 1.82. The minimum absolute atomic E-state index is 0.0736. The van der Waals surface area contributed by atoms with E-state index in [1.54, 1.807) is 12.4 Å². The van der Waals surface area contributed by atoms with E-state index in [9.17, 15) is 4.79 Å². The number of aryl methyl sites for hydroxylation is 1. The number of pyridine rings is 1. The molecule has 20 heavy (non-hydrogen) atoms. The minimum Gasteiger partial charge on any atom is -0.481 e. The third-order valence-electron chi connectivity index (χ3n) is 2.83. The van der Waals surface area contributed by atoms with Crippen LogP contribution in [0.5, 0.6) is 0 Å². The topological polar surface area (TPSA) is 79.2 Å². The largest absolute Gasteiger partial charge is 0.481 e. The molecule has 0 aliphatic rings. The number of carboxylic acid groups (broad SMARTS) is 1. The van der Waals surface area contributed by atoms with E-state index < -0.39 is 5.97 Å². The molecule has 0 aliphatic carbocycles. The summed E-state index contributed by atoms with van der Waals surface area (Å²) < 4.78 is 0. The predicted molar refractivity (Wildman–Crippen MR) is 75.5 cm³/mol. The highest BCUT2D eigenvalue weighted by molar-refractivity contribution is 5.67. The monoisotopic (exact) mass is 272 g/mol. The van der Waals surface area contributed by atoms with Crippen LogP contribution in [0.3, 0.4) is 0 Å². The van der Waals surface area contributed by atoms with E-state index in [0.29, 0.717) is 18.2 Å². The second-order valence-electron chi connectivity index (χ2n) is 4.49. The molecule has 0 saturated heterocycles. The normalized spacial score (nSPS) is 10.3. The van der Waals surface area contributed by atoms with Crippen LogP contribution >= 0.6 is 0 Å². The van der Waals surface area contributed by atoms with E-state index in [2.05, 4.69) is 15.0 Å². The summed E-state index contributed by atoms with van der Waals surface area (Å²) >= 11 is 0. The molecule has 104 valence electrons. The quantitative estimate of drug-likeness (QED) is 0.893. The molecule has 0 spiro atoms. The van der Waals surface area contributed by atoms with Crippen LogP contribution in [0.15, 0.2) is 30.6 Å². The van der Waals surface area contributed by atoms with Crippen LogP contribution in [-0.2, 0) is 4.79 Å². The zero-order valence-corrected chi connectivity index (χ0v) is 11.4. The first-order valence-corrected chi connectivity index (χ1v) is 6.25. The highest BCUT2D eigenvalue weighted by Gasteiger charge is 2.09. The molecule has 2 aromatic heterocycles. The van der Waals surface area contributed by atoms with Crippen molar-refractivity contribution in [3.05, 3.63) is 36.3 Å². The lowest BCUT2D eigenvalue weighted by molar-refractivity contribution is -0.136. The lowest BCUT2D eigenvalue weighted by Gasteiger charge is -2.18. The Hall–Kier alpha value is -2.50. The van der Waals surface area contributed by atoms with Crippen molar-refractivity contribution in [1.82, 2.24) is 15.0 Å². The lowest BCUT2D eigenvalue weighted by atomic mass is 10.2. The highest BCUT2D eigenvalue weighted by atomic mass is 16.4. The summed E-state index contributed by atoms with van der Waals surface area (Å²) in [6.07, 6.45) is 3.45. The Morgan fingerprint density at radius 3 is 2.65 bits per heavy atom. The molecule has 0 atom stereocenters. The molecule has 2 aromatic rings. The van der Waals surface area contributed by atoms with Gasteiger partial charge in [0.05, 0.1) is 6.42 Å². The molecule has 0 aliphatic heterocycles. The van der Waals surface area contributed by atoms with Crippen LogP contribution in [-0.4, -0.2) is 39.6 Å². The Labute approximate surface area is 117 Å². The highest BCUT2D eigenvalue weighted by Crippen LogP contribution is 2.18. The maximum absolute atomic E-state index is 10.6. The van der Waals surface area contributed by atoms with Crippen molar-refractivity contribution in [2.45, 2.75) is 13.3 Å². The van der Waals surface area contributed by atoms with Gasteiger partial charge in [-0.05, 0) is 19.1 Å². The van der Waals surface area contributed by atoms with Gasteiger partial charge in [0.1, 0.15) is 5.82 Å². The summed E-state index contributed by atoms with van der Waals surface area (Å²) in [5, 5.41) is 8.73. The van der Waals surface area contributed by atoms with Crippen LogP contribution < -0.4 is 4.90 Å². The zero-order valence-electron chi connectivity index (χ0n) is 11.4. The first-order chi connectivity index (χ1) is 9.56. The van der Waals surface area contributed by atoms with Gasteiger partial charge in [0.2, 0.25) is 0 Å². The number of carboxylic acids is 1. The molecule has 0 radical (unpaired) electrons. The smallest absolute Gasteiger partial charge is 0.305 e. The maximum Gasteiger partial charge on any atom is 0.305 e. The molecule has 6 nitrogen and oxygen atoms in total. The van der Waals surface area contributed by atoms with Crippen molar-refractivity contribution >= 4 is 11.8 Å². The Balaban J connectivity index is 2.27. The zero-order chi connectivity index (χ0) is 14.5. The Kier molecular flexibility index (Phi) is 4.24. The van der Waals surface area contributed by atoms with Crippen molar-refractivity contribution in [3.8, 4) is 11.4 Å². The summed E-state index contributed by atoms with van der Waals surface area (Å²) in [4.78, 5) is 25.3. The molecule has 2 rings (SSSR count). The Bertz CT molecular complexity index is 601. The fraction of sp³-hybridized carbons (Fsp3) is 0.286. The third-order valence-corrected chi connectivity index (χ3v) is 2.83. The van der Waals surface area contributed by atoms with Crippen LogP contribution in [0.2, 0.25) is 0 Å². The Morgan fingerprint density at radius 1 is 1.30 bits per heavy atom. The van der Waals surface area contributed by atoms with E-state index in [-0.39, 0.29) is 6.42 Å². The number of rotatable bonds is 5. The number of aliphatic carboxylic acids is 1. The van der Waals surface area contributed by atoms with Gasteiger partial charge < -0.3 is 10.0 Å². The minimum atomic E-state index is -0.822. The molecule has 6 heteroatoms. The molecular weight excluding hydrogens is 256 g/mol. The Morgan fingerprint density at radius 2 is 2.00 bits per heavy atom. The third kappa shape index (κ3) is 3.50. The molecule has 0 aromatic carbocycles. The van der Waals surface area contributed by atoms with Gasteiger partial charge in [-0.15, -0.1) is 0 Å². The maximum atomic E-state index is 10.6. The molecular formula is C14H16N4O2. The van der Waals surface area contributed by atoms with E-state index >= 15 is 0 Å². The molecule has 0 unspecified atom stereocenters. The van der Waals surface area contributed by atoms with Crippen molar-refractivity contribution in [1.29, 1.82) is 0 Å². The van der Waals surface area contributed by atoms with Crippen LogP contribution in [0.25, 0.3) is 11.4 Å². The van der Waals surface area contributed by atoms with E-state index in [4.69, 9.17) is 5.11 Å². The number of carbonyl (C=O) groups is 1. The average molecular weight is 272 g/mol. The van der Waals surface area contributed by atoms with Crippen molar-refractivity contribution < 1.29 is 9.90 Å². The molecule has 0 saturated carbocycles. The predicted octanol–water partition coefficient (Wildman–Crippen LogP) is 1.76. The molecule has 1 N–H and O–H groups in total. The van der Waals surface area contributed by atoms with Gasteiger partial charge in [-0.3, -0.25) is 9.78 Å². The standard InChI is InChI=1S/C14H16N4O2/c1-10-9-12(18(2)8-5-13(19)20)17-14(16-10)11-3-6-15-7-4-11/h3-4,6-7,9H,5,8H2,1-2H3,(H,19,20).